The molecule has 9 rings (SSSR count). The molecule has 0 heterocycles. The summed E-state index contributed by atoms with van der Waals surface area (Å²) >= 11 is -0.826. The van der Waals surface area contributed by atoms with Crippen LogP contribution < -0.4 is 0 Å². The Morgan fingerprint density at radius 2 is 1.33 bits per heavy atom. The average Bonchev–Trinajstić information content (AvgIpc) is 3.73. The second-order valence-corrected chi connectivity index (χ2v) is 20.2. The summed E-state index contributed by atoms with van der Waals surface area (Å²) in [5.74, 6) is 4.33. The van der Waals surface area contributed by atoms with Crippen molar-refractivity contribution in [3.8, 4) is 11.1 Å². The van der Waals surface area contributed by atoms with Gasteiger partial charge in [0.2, 0.25) is 0 Å². The van der Waals surface area contributed by atoms with Crippen LogP contribution in [0.1, 0.15) is 114 Å². The van der Waals surface area contributed by atoms with Crippen molar-refractivity contribution in [2.75, 3.05) is 0 Å². The zero-order chi connectivity index (χ0) is 35.1. The number of fused-ring (bicyclic) bond motifs is 2. The summed E-state index contributed by atoms with van der Waals surface area (Å²) in [6.45, 7) is 15.6. The van der Waals surface area contributed by atoms with Gasteiger partial charge in [0.1, 0.15) is 0 Å². The van der Waals surface area contributed by atoms with Crippen molar-refractivity contribution in [1.29, 1.82) is 0 Å². The maximum absolute atomic E-state index is 4.93. The Hall–Kier alpha value is -1.44. The second kappa shape index (κ2) is 17.9. The van der Waals surface area contributed by atoms with E-state index in [1.54, 1.807) is 5.56 Å². The van der Waals surface area contributed by atoms with Crippen LogP contribution in [-0.4, -0.2) is 9.52 Å². The Balaban J connectivity index is 0.000000182. The third-order valence-electron chi connectivity index (χ3n) is 11.7. The quantitative estimate of drug-likeness (QED) is 0.119. The van der Waals surface area contributed by atoms with E-state index in [4.69, 9.17) is 17.0 Å². The maximum atomic E-state index is 4.93. The van der Waals surface area contributed by atoms with E-state index in [-0.39, 0.29) is 0 Å². The van der Waals surface area contributed by atoms with E-state index in [0.29, 0.717) is 17.3 Å². The Labute approximate surface area is 319 Å². The van der Waals surface area contributed by atoms with E-state index in [2.05, 4.69) is 133 Å². The first-order valence-electron chi connectivity index (χ1n) is 18.7. The molecule has 1 atom stereocenters. The van der Waals surface area contributed by atoms with E-state index in [0.717, 1.165) is 33.7 Å². The first-order chi connectivity index (χ1) is 23.7. The summed E-state index contributed by atoms with van der Waals surface area (Å²) in [4.78, 5) is 0. The van der Waals surface area contributed by atoms with Crippen molar-refractivity contribution in [3.05, 3.63) is 107 Å². The van der Waals surface area contributed by atoms with Crippen molar-refractivity contribution < 1.29 is 20.8 Å². The number of benzene rings is 3. The molecule has 4 bridgehead atoms. The van der Waals surface area contributed by atoms with Crippen molar-refractivity contribution in [3.63, 3.8) is 0 Å². The van der Waals surface area contributed by atoms with E-state index in [9.17, 15) is 0 Å². The topological polar surface area (TPSA) is 0 Å². The number of hydrogen-bond donors (Lipinski definition) is 0. The standard InChI is InChI=1S/C27H29.C16H21.C2H6Si.2ClH.Zr/c1-2-18-13-23-4-3-5-25(26(23)14-18)22-6-8-24(9-7-22)27-15-19-10-20(16-27)12-21(11-19)17-27;1-5-12(4)15-8-6-7-13-9-14(11(2)3)10-16(13)15;1-3-2;;;/h3-9,13-14,19-21H,2,10-12,15-17H2,1H3;6-12H,5H2,1-4H3;1-2H3;2*1H;/q2*-1;;;;+4/p-2. The molecule has 1 unspecified atom stereocenters. The SMILES string of the molecule is CCC(C)c1cccc2[cH-]c(C(C)C)cc12.CCc1cc2c(-c3ccc(C45CC6CC(CC(C6)C4)C5)cc3)cccc2[cH-]1.C[Si]C.[Cl][Zr+2][Cl]. The summed E-state index contributed by atoms with van der Waals surface area (Å²) in [6.07, 6.45) is 11.3. The van der Waals surface area contributed by atoms with Gasteiger partial charge in [0.15, 0.2) is 0 Å². The van der Waals surface area contributed by atoms with Gasteiger partial charge in [-0.3, -0.25) is 0 Å². The van der Waals surface area contributed by atoms with Gasteiger partial charge in [0.25, 0.3) is 0 Å². The summed E-state index contributed by atoms with van der Waals surface area (Å²) in [7, 11) is 11.0. The third kappa shape index (κ3) is 8.96. The number of rotatable bonds is 6. The molecule has 0 aliphatic heterocycles. The Kier molecular flexibility index (Phi) is 14.1. The van der Waals surface area contributed by atoms with Crippen LogP contribution in [0.15, 0.2) is 84.9 Å². The molecular formula is C45H56Cl2SiZr. The van der Waals surface area contributed by atoms with E-state index >= 15 is 0 Å². The van der Waals surface area contributed by atoms with E-state index in [1.807, 2.05) is 0 Å². The minimum absolute atomic E-state index is 0.509. The molecule has 0 spiro atoms. The van der Waals surface area contributed by atoms with Crippen LogP contribution in [0.2, 0.25) is 13.1 Å². The Morgan fingerprint density at radius 1 is 0.776 bits per heavy atom. The fraction of sp³-hybridized carbons (Fsp3) is 0.467. The third-order valence-corrected chi connectivity index (χ3v) is 11.7. The number of aryl methyl sites for hydroxylation is 1. The molecule has 0 saturated heterocycles. The van der Waals surface area contributed by atoms with E-state index < -0.39 is 20.8 Å². The molecule has 4 saturated carbocycles. The summed E-state index contributed by atoms with van der Waals surface area (Å²) < 4.78 is 0. The van der Waals surface area contributed by atoms with Gasteiger partial charge in [-0.1, -0.05) is 102 Å². The molecule has 4 heteroatoms. The van der Waals surface area contributed by atoms with E-state index in [1.165, 1.54) is 94.3 Å². The molecule has 0 N–H and O–H groups in total. The molecule has 258 valence electrons. The minimum atomic E-state index is -0.826. The zero-order valence-corrected chi connectivity index (χ0v) is 35.9. The fourth-order valence-corrected chi connectivity index (χ4v) is 9.49. The monoisotopic (exact) mass is 784 g/mol. The van der Waals surface area contributed by atoms with Crippen LogP contribution in [0, 0.1) is 17.8 Å². The Morgan fingerprint density at radius 3 is 1.86 bits per heavy atom. The molecule has 5 aromatic rings. The zero-order valence-electron chi connectivity index (χ0n) is 30.9. The number of hydrogen-bond acceptors (Lipinski definition) is 0. The van der Waals surface area contributed by atoms with Gasteiger partial charge in [0.05, 0.1) is 0 Å². The molecule has 0 amide bonds. The van der Waals surface area contributed by atoms with Gasteiger partial charge in [-0.05, 0) is 91.1 Å². The summed E-state index contributed by atoms with van der Waals surface area (Å²) in [5.41, 5.74) is 9.33. The molecular weight excluding hydrogens is 731 g/mol. The normalized spacial score (nSPS) is 22.4. The van der Waals surface area contributed by atoms with Gasteiger partial charge in [-0.25, -0.2) is 0 Å². The van der Waals surface area contributed by atoms with Crippen molar-refractivity contribution in [2.24, 2.45) is 17.8 Å². The predicted molar refractivity (Wildman–Crippen MR) is 216 cm³/mol. The molecule has 0 aromatic heterocycles. The second-order valence-electron chi connectivity index (χ2n) is 15.5. The molecule has 4 aliphatic rings. The van der Waals surface area contributed by atoms with Gasteiger partial charge < -0.3 is 0 Å². The Bertz CT molecular complexity index is 1720. The van der Waals surface area contributed by atoms with Gasteiger partial charge in [0, 0.05) is 9.52 Å². The van der Waals surface area contributed by atoms with Crippen LogP contribution in [0.4, 0.5) is 0 Å². The fourth-order valence-electron chi connectivity index (χ4n) is 9.49. The van der Waals surface area contributed by atoms with Crippen LogP contribution >= 0.6 is 17.0 Å². The number of halogens is 2. The van der Waals surface area contributed by atoms with Crippen molar-refractivity contribution in [2.45, 2.75) is 116 Å². The molecule has 5 aromatic carbocycles. The summed E-state index contributed by atoms with van der Waals surface area (Å²) in [6, 6.07) is 32.7. The molecule has 0 nitrogen and oxygen atoms in total. The predicted octanol–water partition coefficient (Wildman–Crippen LogP) is 14.6. The first-order valence-corrected chi connectivity index (χ1v) is 27.0. The van der Waals surface area contributed by atoms with Gasteiger partial charge >= 0.3 is 37.9 Å². The van der Waals surface area contributed by atoms with Gasteiger partial charge in [-0.15, -0.1) is 69.1 Å². The molecule has 2 radical (unpaired) electrons. The molecule has 4 fully saturated rings. The van der Waals surface area contributed by atoms with Gasteiger partial charge in [-0.2, -0.15) is 12.1 Å². The average molecular weight is 787 g/mol. The van der Waals surface area contributed by atoms with Crippen molar-refractivity contribution >= 4 is 48.1 Å². The first kappa shape index (κ1) is 38.8. The molecule has 4 aliphatic carbocycles. The molecule has 49 heavy (non-hydrogen) atoms. The van der Waals surface area contributed by atoms with Crippen LogP contribution in [-0.2, 0) is 32.7 Å². The van der Waals surface area contributed by atoms with Crippen LogP contribution in [0.3, 0.4) is 0 Å². The van der Waals surface area contributed by atoms with Crippen LogP contribution in [0.25, 0.3) is 32.7 Å². The van der Waals surface area contributed by atoms with Crippen molar-refractivity contribution in [1.82, 2.24) is 0 Å². The van der Waals surface area contributed by atoms with Crippen LogP contribution in [0.5, 0.6) is 0 Å². The summed E-state index contributed by atoms with van der Waals surface area (Å²) in [5, 5.41) is 5.66.